The molecule has 8 nitrogen and oxygen atoms in total. The van der Waals surface area contributed by atoms with E-state index in [1.54, 1.807) is 4.57 Å². The zero-order chi connectivity index (χ0) is 20.7. The van der Waals surface area contributed by atoms with Crippen LogP contribution in [0.25, 0.3) is 11.2 Å². The average Bonchev–Trinajstić information content (AvgIpc) is 3.41. The van der Waals surface area contributed by atoms with Crippen LogP contribution in [0, 0.1) is 11.3 Å². The smallest absolute Gasteiger partial charge is 0.279 e. The van der Waals surface area contributed by atoms with E-state index in [2.05, 4.69) is 26.7 Å². The first-order valence-electron chi connectivity index (χ1n) is 9.70. The number of hydrogen-bond donors (Lipinski definition) is 2. The predicted molar refractivity (Wildman–Crippen MR) is 114 cm³/mol. The Hall–Kier alpha value is -4.12. The van der Waals surface area contributed by atoms with E-state index in [9.17, 15) is 10.1 Å². The quantitative estimate of drug-likeness (QED) is 0.549. The van der Waals surface area contributed by atoms with Crippen molar-refractivity contribution in [3.63, 3.8) is 0 Å². The average molecular weight is 397 g/mol. The lowest BCUT2D eigenvalue weighted by molar-refractivity contribution is 0.750. The van der Waals surface area contributed by atoms with Crippen molar-refractivity contribution in [2.75, 3.05) is 17.2 Å². The van der Waals surface area contributed by atoms with Crippen molar-refractivity contribution in [2.45, 2.75) is 18.9 Å². The van der Waals surface area contributed by atoms with Crippen LogP contribution in [0.3, 0.4) is 0 Å². The Labute approximate surface area is 172 Å². The zero-order valence-corrected chi connectivity index (χ0v) is 16.3. The van der Waals surface area contributed by atoms with Gasteiger partial charge in [0.25, 0.3) is 5.56 Å². The van der Waals surface area contributed by atoms with Crippen LogP contribution in [0.15, 0.2) is 66.0 Å². The molecule has 4 heterocycles. The second-order valence-electron chi connectivity index (χ2n) is 7.24. The first kappa shape index (κ1) is 17.9. The van der Waals surface area contributed by atoms with E-state index in [0.29, 0.717) is 23.7 Å². The van der Waals surface area contributed by atoms with Crippen LogP contribution in [-0.4, -0.2) is 25.5 Å². The number of para-hydroxylation sites is 1. The zero-order valence-electron chi connectivity index (χ0n) is 16.3. The molecule has 0 radical (unpaired) electrons. The molecule has 0 fully saturated rings. The number of nitrogens with zero attached hydrogens (tertiary/aromatic N) is 5. The standard InChI is InChI=1S/C22H19N7O/c1-14(27-21-19-15(10-23)11-24-20(19)25-13-26-21)18-12-28-9-5-8-17(28)22(30)29(18)16-6-3-2-4-7-16/h2-9,12-15H,11H2,1H3,(H2,24,25,26,27). The van der Waals surface area contributed by atoms with Gasteiger partial charge in [-0.15, -0.1) is 0 Å². The van der Waals surface area contributed by atoms with Gasteiger partial charge in [0, 0.05) is 24.6 Å². The maximum absolute atomic E-state index is 13.3. The van der Waals surface area contributed by atoms with Gasteiger partial charge < -0.3 is 15.0 Å². The molecule has 148 valence electrons. The molecule has 0 aliphatic carbocycles. The molecule has 0 bridgehead atoms. The molecule has 5 rings (SSSR count). The van der Waals surface area contributed by atoms with Crippen molar-refractivity contribution in [2.24, 2.45) is 0 Å². The van der Waals surface area contributed by atoms with E-state index in [1.807, 2.05) is 66.2 Å². The minimum absolute atomic E-state index is 0.0955. The third-order valence-corrected chi connectivity index (χ3v) is 5.40. The number of nitrogens with one attached hydrogen (secondary N) is 2. The van der Waals surface area contributed by atoms with E-state index in [-0.39, 0.29) is 17.5 Å². The summed E-state index contributed by atoms with van der Waals surface area (Å²) in [5.41, 5.74) is 2.84. The topological polar surface area (TPSA) is 100 Å². The van der Waals surface area contributed by atoms with Crippen LogP contribution >= 0.6 is 0 Å². The molecule has 1 aliphatic rings. The fourth-order valence-electron chi connectivity index (χ4n) is 3.94. The van der Waals surface area contributed by atoms with Crippen LogP contribution in [0.4, 0.5) is 11.6 Å². The lowest BCUT2D eigenvalue weighted by Crippen LogP contribution is -2.27. The van der Waals surface area contributed by atoms with Crippen molar-refractivity contribution in [3.8, 4) is 11.8 Å². The van der Waals surface area contributed by atoms with Gasteiger partial charge in [-0.3, -0.25) is 9.36 Å². The summed E-state index contributed by atoms with van der Waals surface area (Å²) in [6, 6.07) is 15.3. The van der Waals surface area contributed by atoms with E-state index < -0.39 is 0 Å². The van der Waals surface area contributed by atoms with Gasteiger partial charge in [-0.05, 0) is 31.2 Å². The Morgan fingerprint density at radius 1 is 1.23 bits per heavy atom. The van der Waals surface area contributed by atoms with Gasteiger partial charge in [-0.25, -0.2) is 9.97 Å². The van der Waals surface area contributed by atoms with Gasteiger partial charge in [0.05, 0.1) is 29.3 Å². The molecule has 1 aliphatic heterocycles. The summed E-state index contributed by atoms with van der Waals surface area (Å²) in [5, 5.41) is 16.0. The second kappa shape index (κ2) is 7.04. The minimum atomic E-state index is -0.320. The Balaban J connectivity index is 1.63. The molecular formula is C22H19N7O. The highest BCUT2D eigenvalue weighted by molar-refractivity contribution is 5.65. The summed E-state index contributed by atoms with van der Waals surface area (Å²) >= 11 is 0. The molecule has 30 heavy (non-hydrogen) atoms. The molecule has 4 aromatic rings. The van der Waals surface area contributed by atoms with Gasteiger partial charge in [0.15, 0.2) is 0 Å². The van der Waals surface area contributed by atoms with E-state index in [4.69, 9.17) is 0 Å². The normalized spacial score (nSPS) is 15.9. The molecule has 0 amide bonds. The van der Waals surface area contributed by atoms with Gasteiger partial charge in [-0.2, -0.15) is 5.26 Å². The van der Waals surface area contributed by atoms with Gasteiger partial charge in [0.1, 0.15) is 23.5 Å². The van der Waals surface area contributed by atoms with E-state index >= 15 is 0 Å². The van der Waals surface area contributed by atoms with E-state index in [0.717, 1.165) is 16.9 Å². The van der Waals surface area contributed by atoms with Crippen LogP contribution < -0.4 is 16.2 Å². The predicted octanol–water partition coefficient (Wildman–Crippen LogP) is 3.09. The fraction of sp³-hybridized carbons (Fsp3) is 0.182. The molecule has 0 saturated carbocycles. The highest BCUT2D eigenvalue weighted by Crippen LogP contribution is 2.35. The Morgan fingerprint density at radius 3 is 2.87 bits per heavy atom. The number of hydrogen-bond acceptors (Lipinski definition) is 6. The van der Waals surface area contributed by atoms with Crippen molar-refractivity contribution in [3.05, 3.63) is 82.8 Å². The number of aromatic nitrogens is 4. The summed E-state index contributed by atoms with van der Waals surface area (Å²) < 4.78 is 3.55. The first-order valence-corrected chi connectivity index (χ1v) is 9.70. The maximum Gasteiger partial charge on any atom is 0.279 e. The summed E-state index contributed by atoms with van der Waals surface area (Å²) in [6.45, 7) is 2.49. The number of fused-ring (bicyclic) bond motifs is 2. The Morgan fingerprint density at radius 2 is 2.07 bits per heavy atom. The maximum atomic E-state index is 13.3. The summed E-state index contributed by atoms with van der Waals surface area (Å²) in [7, 11) is 0. The summed E-state index contributed by atoms with van der Waals surface area (Å²) in [4.78, 5) is 21.9. The van der Waals surface area contributed by atoms with E-state index in [1.165, 1.54) is 6.33 Å². The molecule has 1 aromatic carbocycles. The van der Waals surface area contributed by atoms with Crippen molar-refractivity contribution < 1.29 is 0 Å². The first-order chi connectivity index (χ1) is 14.7. The molecule has 2 unspecified atom stereocenters. The Kier molecular flexibility index (Phi) is 4.21. The number of benzene rings is 1. The van der Waals surface area contributed by atoms with Crippen molar-refractivity contribution >= 4 is 17.2 Å². The van der Waals surface area contributed by atoms with Gasteiger partial charge >= 0.3 is 0 Å². The third kappa shape index (κ3) is 2.79. The second-order valence-corrected chi connectivity index (χ2v) is 7.24. The molecule has 8 heteroatoms. The van der Waals surface area contributed by atoms with Crippen molar-refractivity contribution in [1.82, 2.24) is 18.9 Å². The number of rotatable bonds is 4. The van der Waals surface area contributed by atoms with Gasteiger partial charge in [-0.1, -0.05) is 18.2 Å². The lowest BCUT2D eigenvalue weighted by atomic mass is 10.1. The third-order valence-electron chi connectivity index (χ3n) is 5.40. The molecule has 2 atom stereocenters. The van der Waals surface area contributed by atoms with Crippen molar-refractivity contribution in [1.29, 1.82) is 5.26 Å². The van der Waals surface area contributed by atoms with Crippen LogP contribution in [0.2, 0.25) is 0 Å². The number of nitriles is 1. The molecule has 2 N–H and O–H groups in total. The largest absolute Gasteiger partial charge is 0.368 e. The molecule has 3 aromatic heterocycles. The molecule has 0 saturated heterocycles. The van der Waals surface area contributed by atoms with Crippen LogP contribution in [0.1, 0.15) is 30.1 Å². The lowest BCUT2D eigenvalue weighted by Gasteiger charge is -2.22. The monoisotopic (exact) mass is 397 g/mol. The summed E-state index contributed by atoms with van der Waals surface area (Å²) in [5.74, 6) is 0.954. The van der Waals surface area contributed by atoms with Gasteiger partial charge in [0.2, 0.25) is 0 Å². The highest BCUT2D eigenvalue weighted by atomic mass is 16.1. The fourth-order valence-corrected chi connectivity index (χ4v) is 3.94. The van der Waals surface area contributed by atoms with Crippen LogP contribution in [-0.2, 0) is 0 Å². The Bertz CT molecular complexity index is 1330. The SMILES string of the molecule is CC(Nc1ncnc2c1C(C#N)CN2)c1cn2cccc2c(=O)n1-c1ccccc1. The van der Waals surface area contributed by atoms with Crippen LogP contribution in [0.5, 0.6) is 0 Å². The minimum Gasteiger partial charge on any atom is -0.368 e. The molecule has 0 spiro atoms. The highest BCUT2D eigenvalue weighted by Gasteiger charge is 2.28. The number of anilines is 2. The molecular weight excluding hydrogens is 378 g/mol. The summed E-state index contributed by atoms with van der Waals surface area (Å²) in [6.07, 6.45) is 5.28.